The van der Waals surface area contributed by atoms with Gasteiger partial charge in [0.05, 0.1) is 6.54 Å². The molecule has 1 fully saturated rings. The van der Waals surface area contributed by atoms with Crippen molar-refractivity contribution in [2.24, 2.45) is 0 Å². The van der Waals surface area contributed by atoms with E-state index >= 15 is 0 Å². The van der Waals surface area contributed by atoms with Crippen molar-refractivity contribution in [2.45, 2.75) is 18.1 Å². The van der Waals surface area contributed by atoms with E-state index in [9.17, 15) is 13.2 Å². The van der Waals surface area contributed by atoms with Crippen LogP contribution in [0.5, 0.6) is 0 Å². The van der Waals surface area contributed by atoms with Crippen LogP contribution in [0.4, 0.5) is 5.69 Å². The summed E-state index contributed by atoms with van der Waals surface area (Å²) < 4.78 is 27.1. The van der Waals surface area contributed by atoms with Gasteiger partial charge in [0.15, 0.2) is 0 Å². The number of hydrogen-bond acceptors (Lipinski definition) is 5. The molecule has 0 radical (unpaired) electrons. The van der Waals surface area contributed by atoms with E-state index in [0.717, 1.165) is 11.3 Å². The lowest BCUT2D eigenvalue weighted by Gasteiger charge is -2.34. The van der Waals surface area contributed by atoms with E-state index in [1.54, 1.807) is 22.4 Å². The number of sulfonamides is 1. The summed E-state index contributed by atoms with van der Waals surface area (Å²) in [6.45, 7) is 6.80. The molecule has 2 heterocycles. The average molecular weight is 408 g/mol. The topological polar surface area (TPSA) is 60.9 Å². The molecule has 1 amide bonds. The van der Waals surface area contributed by atoms with Crippen LogP contribution in [0.25, 0.3) is 0 Å². The van der Waals surface area contributed by atoms with E-state index in [1.807, 2.05) is 43.0 Å². The van der Waals surface area contributed by atoms with Crippen LogP contribution in [0.15, 0.2) is 46.0 Å². The molecule has 0 unspecified atom stereocenters. The summed E-state index contributed by atoms with van der Waals surface area (Å²) in [6.07, 6.45) is 0. The van der Waals surface area contributed by atoms with Gasteiger partial charge >= 0.3 is 0 Å². The molecule has 0 bridgehead atoms. The van der Waals surface area contributed by atoms with Gasteiger partial charge < -0.3 is 4.90 Å². The van der Waals surface area contributed by atoms with Crippen molar-refractivity contribution in [1.82, 2.24) is 9.21 Å². The van der Waals surface area contributed by atoms with E-state index in [2.05, 4.69) is 0 Å². The Labute approximate surface area is 165 Å². The fourth-order valence-corrected chi connectivity index (χ4v) is 5.86. The molecule has 0 N–H and O–H groups in total. The van der Waals surface area contributed by atoms with Crippen molar-refractivity contribution in [3.63, 3.8) is 0 Å². The van der Waals surface area contributed by atoms with Gasteiger partial charge in [-0.25, -0.2) is 8.42 Å². The van der Waals surface area contributed by atoms with Crippen molar-refractivity contribution in [3.8, 4) is 0 Å². The number of rotatable bonds is 6. The quantitative estimate of drug-likeness (QED) is 0.738. The summed E-state index contributed by atoms with van der Waals surface area (Å²) in [4.78, 5) is 16.6. The minimum absolute atomic E-state index is 0.0429. The normalized spacial score (nSPS) is 16.4. The molecule has 1 aromatic carbocycles. The maximum absolute atomic E-state index is 12.8. The molecule has 27 heavy (non-hydrogen) atoms. The number of carbonyl (C=O) groups is 1. The monoisotopic (exact) mass is 407 g/mol. The lowest BCUT2D eigenvalue weighted by molar-refractivity contribution is -0.120. The number of anilines is 1. The van der Waals surface area contributed by atoms with Crippen LogP contribution < -0.4 is 4.90 Å². The summed E-state index contributed by atoms with van der Waals surface area (Å²) in [5, 5.41) is 1.77. The molecule has 3 rings (SSSR count). The molecule has 6 nitrogen and oxygen atoms in total. The molecule has 0 aliphatic carbocycles. The Morgan fingerprint density at radius 1 is 1.11 bits per heavy atom. The molecule has 1 aliphatic rings. The first-order valence-corrected chi connectivity index (χ1v) is 11.4. The zero-order valence-electron chi connectivity index (χ0n) is 15.7. The first-order valence-electron chi connectivity index (χ1n) is 9.05. The van der Waals surface area contributed by atoms with E-state index in [0.29, 0.717) is 43.5 Å². The van der Waals surface area contributed by atoms with Gasteiger partial charge in [0.1, 0.15) is 4.21 Å². The summed E-state index contributed by atoms with van der Waals surface area (Å²) in [6, 6.07) is 11.2. The lowest BCUT2D eigenvalue weighted by atomic mass is 10.1. The highest BCUT2D eigenvalue weighted by Crippen LogP contribution is 2.23. The van der Waals surface area contributed by atoms with Gasteiger partial charge in [-0.15, -0.1) is 11.3 Å². The van der Waals surface area contributed by atoms with E-state index < -0.39 is 10.0 Å². The standard InChI is InChI=1S/C19H25N3O3S2/c1-3-22(17-8-5-4-7-16(17)2)18(23)15-20-10-12-21(13-11-20)27(24,25)19-9-6-14-26-19/h4-9,14H,3,10-13,15H2,1-2H3. The molecule has 0 spiro atoms. The fraction of sp³-hybridized carbons (Fsp3) is 0.421. The first-order chi connectivity index (χ1) is 12.9. The van der Waals surface area contributed by atoms with Crippen LogP contribution in [0.2, 0.25) is 0 Å². The van der Waals surface area contributed by atoms with E-state index in [1.165, 1.54) is 15.6 Å². The SMILES string of the molecule is CCN(C(=O)CN1CCN(S(=O)(=O)c2cccs2)CC1)c1ccccc1C. The molecule has 1 aliphatic heterocycles. The Bertz CT molecular complexity index is 873. The summed E-state index contributed by atoms with van der Waals surface area (Å²) in [7, 11) is -3.41. The number of amides is 1. The van der Waals surface area contributed by atoms with Crippen molar-refractivity contribution in [2.75, 3.05) is 44.2 Å². The lowest BCUT2D eigenvalue weighted by Crippen LogP contribution is -2.51. The maximum Gasteiger partial charge on any atom is 0.252 e. The predicted octanol–water partition coefficient (Wildman–Crippen LogP) is 2.42. The van der Waals surface area contributed by atoms with Gasteiger partial charge in [0, 0.05) is 38.4 Å². The number of thiophene rings is 1. The van der Waals surface area contributed by atoms with Crippen LogP contribution in [0.1, 0.15) is 12.5 Å². The minimum atomic E-state index is -3.41. The molecule has 146 valence electrons. The molecular weight excluding hydrogens is 382 g/mol. The van der Waals surface area contributed by atoms with Gasteiger partial charge in [-0.2, -0.15) is 4.31 Å². The summed E-state index contributed by atoms with van der Waals surface area (Å²) in [5.41, 5.74) is 2.00. The number of benzene rings is 1. The Morgan fingerprint density at radius 3 is 2.41 bits per heavy atom. The second kappa shape index (κ2) is 8.52. The largest absolute Gasteiger partial charge is 0.311 e. The van der Waals surface area contributed by atoms with Crippen LogP contribution in [0.3, 0.4) is 0 Å². The van der Waals surface area contributed by atoms with E-state index in [-0.39, 0.29) is 5.91 Å². The zero-order valence-corrected chi connectivity index (χ0v) is 17.3. The fourth-order valence-electron chi connectivity index (χ4n) is 3.29. The third-order valence-electron chi connectivity index (χ3n) is 4.80. The summed E-state index contributed by atoms with van der Waals surface area (Å²) in [5.74, 6) is 0.0429. The molecular formula is C19H25N3O3S2. The summed E-state index contributed by atoms with van der Waals surface area (Å²) >= 11 is 1.24. The number of hydrogen-bond donors (Lipinski definition) is 0. The minimum Gasteiger partial charge on any atom is -0.311 e. The molecule has 8 heteroatoms. The molecule has 1 aromatic heterocycles. The Balaban J connectivity index is 1.60. The molecule has 0 atom stereocenters. The third-order valence-corrected chi connectivity index (χ3v) is 8.07. The van der Waals surface area contributed by atoms with Gasteiger partial charge in [-0.3, -0.25) is 9.69 Å². The van der Waals surface area contributed by atoms with Crippen LogP contribution >= 0.6 is 11.3 Å². The van der Waals surface area contributed by atoms with Gasteiger partial charge in [-0.05, 0) is 36.9 Å². The smallest absolute Gasteiger partial charge is 0.252 e. The number of piperazine rings is 1. The highest BCUT2D eigenvalue weighted by Gasteiger charge is 2.30. The maximum atomic E-state index is 12.8. The average Bonchev–Trinajstić information content (AvgIpc) is 3.20. The second-order valence-corrected chi connectivity index (χ2v) is 9.65. The van der Waals surface area contributed by atoms with Crippen LogP contribution in [-0.4, -0.2) is 62.8 Å². The zero-order chi connectivity index (χ0) is 19.4. The van der Waals surface area contributed by atoms with Crippen molar-refractivity contribution >= 4 is 33.0 Å². The molecule has 2 aromatic rings. The third kappa shape index (κ3) is 4.40. The van der Waals surface area contributed by atoms with E-state index in [4.69, 9.17) is 0 Å². The van der Waals surface area contributed by atoms with Crippen molar-refractivity contribution < 1.29 is 13.2 Å². The Morgan fingerprint density at radius 2 is 1.81 bits per heavy atom. The highest BCUT2D eigenvalue weighted by molar-refractivity contribution is 7.91. The highest BCUT2D eigenvalue weighted by atomic mass is 32.2. The van der Waals surface area contributed by atoms with Crippen molar-refractivity contribution in [1.29, 1.82) is 0 Å². The second-order valence-electron chi connectivity index (χ2n) is 6.54. The number of carbonyl (C=O) groups excluding carboxylic acids is 1. The number of para-hydroxylation sites is 1. The van der Waals surface area contributed by atoms with Gasteiger partial charge in [-0.1, -0.05) is 24.3 Å². The number of nitrogens with zero attached hydrogens (tertiary/aromatic N) is 3. The number of likely N-dealkylation sites (N-methyl/N-ethyl adjacent to an activating group) is 1. The van der Waals surface area contributed by atoms with Gasteiger partial charge in [0.2, 0.25) is 5.91 Å². The first kappa shape index (κ1) is 20.0. The Hall–Kier alpha value is -1.74. The molecule has 1 saturated heterocycles. The van der Waals surface area contributed by atoms with Gasteiger partial charge in [0.25, 0.3) is 10.0 Å². The predicted molar refractivity (Wildman–Crippen MR) is 109 cm³/mol. The van der Waals surface area contributed by atoms with Crippen LogP contribution in [-0.2, 0) is 14.8 Å². The van der Waals surface area contributed by atoms with Crippen molar-refractivity contribution in [3.05, 3.63) is 47.3 Å². The number of aryl methyl sites for hydroxylation is 1. The Kier molecular flexibility index (Phi) is 6.31. The van der Waals surface area contributed by atoms with Crippen LogP contribution in [0, 0.1) is 6.92 Å². The molecule has 0 saturated carbocycles.